The zero-order valence-electron chi connectivity index (χ0n) is 15.2. The topological polar surface area (TPSA) is 66.5 Å². The zero-order valence-corrected chi connectivity index (χ0v) is 16.0. The van der Waals surface area contributed by atoms with Crippen LogP contribution in [0.3, 0.4) is 0 Å². The van der Waals surface area contributed by atoms with Gasteiger partial charge in [-0.1, -0.05) is 25.1 Å². The van der Waals surface area contributed by atoms with Crippen molar-refractivity contribution < 1.29 is 17.6 Å². The SMILES string of the molecule is CC1CCCN(S(=O)(=O)c2ccc(NC(=O)Cc3ccccc3F)cc2)C1. The number of nitrogens with zero attached hydrogens (tertiary/aromatic N) is 1. The quantitative estimate of drug-likeness (QED) is 0.851. The second kappa shape index (κ2) is 8.19. The number of rotatable bonds is 5. The van der Waals surface area contributed by atoms with Crippen molar-refractivity contribution in [1.82, 2.24) is 4.31 Å². The largest absolute Gasteiger partial charge is 0.326 e. The Kier molecular flexibility index (Phi) is 5.92. The van der Waals surface area contributed by atoms with Crippen molar-refractivity contribution in [2.45, 2.75) is 31.1 Å². The van der Waals surface area contributed by atoms with Gasteiger partial charge in [-0.2, -0.15) is 4.31 Å². The summed E-state index contributed by atoms with van der Waals surface area (Å²) in [5, 5.41) is 2.67. The predicted octanol–water partition coefficient (Wildman–Crippen LogP) is 3.43. The van der Waals surface area contributed by atoms with Gasteiger partial charge in [0.25, 0.3) is 0 Å². The van der Waals surface area contributed by atoms with Crippen molar-refractivity contribution in [3.8, 4) is 0 Å². The van der Waals surface area contributed by atoms with Gasteiger partial charge in [0, 0.05) is 18.8 Å². The molecule has 0 radical (unpaired) electrons. The van der Waals surface area contributed by atoms with E-state index in [0.29, 0.717) is 30.3 Å². The Bertz CT molecular complexity index is 913. The molecule has 1 aliphatic rings. The lowest BCUT2D eigenvalue weighted by atomic mass is 10.0. The van der Waals surface area contributed by atoms with Crippen molar-refractivity contribution >= 4 is 21.6 Å². The molecule has 1 amide bonds. The van der Waals surface area contributed by atoms with E-state index in [0.717, 1.165) is 12.8 Å². The smallest absolute Gasteiger partial charge is 0.243 e. The van der Waals surface area contributed by atoms with Crippen molar-refractivity contribution in [2.75, 3.05) is 18.4 Å². The van der Waals surface area contributed by atoms with Crippen LogP contribution in [-0.4, -0.2) is 31.7 Å². The maximum atomic E-state index is 13.6. The van der Waals surface area contributed by atoms with Crippen LogP contribution in [0.2, 0.25) is 0 Å². The Balaban J connectivity index is 1.66. The molecule has 1 unspecified atom stereocenters. The third-order valence-electron chi connectivity index (χ3n) is 4.70. The Labute approximate surface area is 159 Å². The molecule has 2 aromatic carbocycles. The van der Waals surface area contributed by atoms with Gasteiger partial charge in [-0.25, -0.2) is 12.8 Å². The standard InChI is InChI=1S/C20H23FN2O3S/c1-15-5-4-12-23(14-15)27(25,26)18-10-8-17(9-11-18)22-20(24)13-16-6-2-3-7-19(16)21/h2-3,6-11,15H,4-5,12-14H2,1H3,(H,22,24). The third-order valence-corrected chi connectivity index (χ3v) is 6.58. The van der Waals surface area contributed by atoms with E-state index in [4.69, 9.17) is 0 Å². The molecule has 5 nitrogen and oxygen atoms in total. The fraction of sp³-hybridized carbons (Fsp3) is 0.350. The van der Waals surface area contributed by atoms with Crippen molar-refractivity contribution in [2.24, 2.45) is 5.92 Å². The lowest BCUT2D eigenvalue weighted by molar-refractivity contribution is -0.115. The van der Waals surface area contributed by atoms with E-state index >= 15 is 0 Å². The van der Waals surface area contributed by atoms with E-state index in [9.17, 15) is 17.6 Å². The number of amides is 1. The number of anilines is 1. The first-order valence-electron chi connectivity index (χ1n) is 9.00. The number of benzene rings is 2. The highest BCUT2D eigenvalue weighted by Gasteiger charge is 2.28. The number of sulfonamides is 1. The molecule has 27 heavy (non-hydrogen) atoms. The number of hydrogen-bond donors (Lipinski definition) is 1. The molecule has 7 heteroatoms. The van der Waals surface area contributed by atoms with Gasteiger partial charge < -0.3 is 5.32 Å². The number of carbonyl (C=O) groups is 1. The van der Waals surface area contributed by atoms with E-state index in [2.05, 4.69) is 12.2 Å². The van der Waals surface area contributed by atoms with Gasteiger partial charge in [0.05, 0.1) is 11.3 Å². The van der Waals surface area contributed by atoms with Crippen LogP contribution < -0.4 is 5.32 Å². The number of halogens is 1. The summed E-state index contributed by atoms with van der Waals surface area (Å²) in [6.07, 6.45) is 1.82. The van der Waals surface area contributed by atoms with Gasteiger partial charge in [-0.15, -0.1) is 0 Å². The van der Waals surface area contributed by atoms with E-state index < -0.39 is 15.8 Å². The highest BCUT2D eigenvalue weighted by Crippen LogP contribution is 2.24. The Hall–Kier alpha value is -2.25. The first kappa shape index (κ1) is 19.5. The summed E-state index contributed by atoms with van der Waals surface area (Å²) in [4.78, 5) is 12.3. The minimum Gasteiger partial charge on any atom is -0.326 e. The monoisotopic (exact) mass is 390 g/mol. The zero-order chi connectivity index (χ0) is 19.4. The highest BCUT2D eigenvalue weighted by atomic mass is 32.2. The number of piperidine rings is 1. The molecule has 1 heterocycles. The van der Waals surface area contributed by atoms with Crippen LogP contribution in [0, 0.1) is 11.7 Å². The van der Waals surface area contributed by atoms with Gasteiger partial charge >= 0.3 is 0 Å². The highest BCUT2D eigenvalue weighted by molar-refractivity contribution is 7.89. The first-order valence-corrected chi connectivity index (χ1v) is 10.4. The summed E-state index contributed by atoms with van der Waals surface area (Å²) in [5.41, 5.74) is 0.788. The molecule has 144 valence electrons. The van der Waals surface area contributed by atoms with E-state index in [1.54, 1.807) is 30.3 Å². The molecule has 0 aliphatic carbocycles. The molecule has 1 atom stereocenters. The molecular formula is C20H23FN2O3S. The van der Waals surface area contributed by atoms with Crippen molar-refractivity contribution in [1.29, 1.82) is 0 Å². The number of hydrogen-bond acceptors (Lipinski definition) is 3. The Morgan fingerprint density at radius 3 is 2.56 bits per heavy atom. The van der Waals surface area contributed by atoms with Crippen LogP contribution in [0.4, 0.5) is 10.1 Å². The van der Waals surface area contributed by atoms with Gasteiger partial charge in [0.1, 0.15) is 5.82 Å². The second-order valence-electron chi connectivity index (χ2n) is 6.95. The van der Waals surface area contributed by atoms with Gasteiger partial charge in [-0.05, 0) is 54.7 Å². The molecular weight excluding hydrogens is 367 g/mol. The fourth-order valence-corrected chi connectivity index (χ4v) is 4.84. The number of carbonyl (C=O) groups excluding carboxylic acids is 1. The molecule has 1 aliphatic heterocycles. The summed E-state index contributed by atoms with van der Waals surface area (Å²) in [7, 11) is -3.52. The molecule has 1 saturated heterocycles. The summed E-state index contributed by atoms with van der Waals surface area (Å²) >= 11 is 0. The summed E-state index contributed by atoms with van der Waals surface area (Å²) in [5.74, 6) is -0.434. The van der Waals surface area contributed by atoms with Crippen LogP contribution in [0.1, 0.15) is 25.3 Å². The van der Waals surface area contributed by atoms with E-state index in [-0.39, 0.29) is 17.2 Å². The van der Waals surface area contributed by atoms with E-state index in [1.807, 2.05) is 0 Å². The Morgan fingerprint density at radius 2 is 1.89 bits per heavy atom. The fourth-order valence-electron chi connectivity index (χ4n) is 3.24. The summed E-state index contributed by atoms with van der Waals surface area (Å²) < 4.78 is 40.6. The molecule has 0 bridgehead atoms. The minimum absolute atomic E-state index is 0.0849. The molecule has 0 spiro atoms. The second-order valence-corrected chi connectivity index (χ2v) is 8.89. The lowest BCUT2D eigenvalue weighted by Crippen LogP contribution is -2.39. The van der Waals surface area contributed by atoms with Crippen LogP contribution in [-0.2, 0) is 21.2 Å². The maximum Gasteiger partial charge on any atom is 0.243 e. The van der Waals surface area contributed by atoms with E-state index in [1.165, 1.54) is 22.5 Å². The van der Waals surface area contributed by atoms with Gasteiger partial charge in [0.2, 0.25) is 15.9 Å². The minimum atomic E-state index is -3.52. The summed E-state index contributed by atoms with van der Waals surface area (Å²) in [6.45, 7) is 3.12. The van der Waals surface area contributed by atoms with Crippen LogP contribution in [0.5, 0.6) is 0 Å². The molecule has 0 aromatic heterocycles. The predicted molar refractivity (Wildman–Crippen MR) is 102 cm³/mol. The molecule has 2 aromatic rings. The van der Waals surface area contributed by atoms with Crippen molar-refractivity contribution in [3.63, 3.8) is 0 Å². The first-order chi connectivity index (χ1) is 12.9. The molecule has 0 saturated carbocycles. The van der Waals surface area contributed by atoms with Crippen LogP contribution >= 0.6 is 0 Å². The average molecular weight is 390 g/mol. The van der Waals surface area contributed by atoms with Crippen LogP contribution in [0.15, 0.2) is 53.4 Å². The lowest BCUT2D eigenvalue weighted by Gasteiger charge is -2.30. The molecule has 3 rings (SSSR count). The van der Waals surface area contributed by atoms with Crippen molar-refractivity contribution in [3.05, 3.63) is 59.9 Å². The number of nitrogens with one attached hydrogen (secondary N) is 1. The normalized spacial score (nSPS) is 18.2. The van der Waals surface area contributed by atoms with Gasteiger partial charge in [-0.3, -0.25) is 4.79 Å². The Morgan fingerprint density at radius 1 is 1.19 bits per heavy atom. The maximum absolute atomic E-state index is 13.6. The summed E-state index contributed by atoms with van der Waals surface area (Å²) in [6, 6.07) is 12.2. The van der Waals surface area contributed by atoms with Crippen LogP contribution in [0.25, 0.3) is 0 Å². The molecule has 1 N–H and O–H groups in total. The third kappa shape index (κ3) is 4.73. The average Bonchev–Trinajstić information content (AvgIpc) is 2.64. The van der Waals surface area contributed by atoms with Gasteiger partial charge in [0.15, 0.2) is 0 Å². The molecule has 1 fully saturated rings.